The van der Waals surface area contributed by atoms with Gasteiger partial charge < -0.3 is 9.47 Å². The summed E-state index contributed by atoms with van der Waals surface area (Å²) in [5.41, 5.74) is 0. The van der Waals surface area contributed by atoms with Gasteiger partial charge in [-0.1, -0.05) is 77.1 Å². The Morgan fingerprint density at radius 2 is 1.69 bits per heavy atom. The van der Waals surface area contributed by atoms with E-state index in [0.717, 1.165) is 31.6 Å². The van der Waals surface area contributed by atoms with Crippen molar-refractivity contribution in [1.29, 1.82) is 0 Å². The number of rotatable bonds is 14. The molecular weight excluding hydrogens is 407 g/mol. The summed E-state index contributed by atoms with van der Waals surface area (Å²) in [4.78, 5) is 12.5. The van der Waals surface area contributed by atoms with Crippen molar-refractivity contribution in [2.45, 2.75) is 85.7 Å². The molecule has 0 aliphatic heterocycles. The van der Waals surface area contributed by atoms with Crippen molar-refractivity contribution in [3.63, 3.8) is 0 Å². The Morgan fingerprint density at radius 3 is 2.28 bits per heavy atom. The summed E-state index contributed by atoms with van der Waals surface area (Å²) in [6.45, 7) is 11.0. The second kappa shape index (κ2) is 14.1. The van der Waals surface area contributed by atoms with Crippen LogP contribution in [0.5, 0.6) is 5.75 Å². The molecule has 0 saturated carbocycles. The van der Waals surface area contributed by atoms with E-state index in [1.807, 2.05) is 0 Å². The Morgan fingerprint density at radius 1 is 1.00 bits per heavy atom. The minimum atomic E-state index is -0.342. The van der Waals surface area contributed by atoms with Gasteiger partial charge in [-0.2, -0.15) is 0 Å². The van der Waals surface area contributed by atoms with Gasteiger partial charge in [0.15, 0.2) is 6.61 Å². The van der Waals surface area contributed by atoms with Crippen LogP contribution in [0, 0.1) is 17.8 Å². The highest BCUT2D eigenvalue weighted by atomic mass is 35.5. The molecule has 0 saturated heterocycles. The van der Waals surface area contributed by atoms with Gasteiger partial charge in [0.25, 0.3) is 0 Å². The van der Waals surface area contributed by atoms with Crippen LogP contribution in [-0.2, 0) is 9.53 Å². The average Bonchev–Trinajstić information content (AvgIpc) is 2.63. The fourth-order valence-electron chi connectivity index (χ4n) is 3.58. The number of esters is 1. The van der Waals surface area contributed by atoms with Crippen LogP contribution in [0.15, 0.2) is 18.2 Å². The minimum absolute atomic E-state index is 0.0572. The Labute approximate surface area is 187 Å². The molecule has 0 aromatic heterocycles. The molecule has 29 heavy (non-hydrogen) atoms. The molecule has 5 heteroatoms. The molecule has 0 aliphatic rings. The van der Waals surface area contributed by atoms with Gasteiger partial charge in [0.05, 0.1) is 5.02 Å². The zero-order valence-electron chi connectivity index (χ0n) is 18.7. The number of unbranched alkanes of at least 4 members (excludes halogenated alkanes) is 2. The Hall–Kier alpha value is -0.930. The molecule has 166 valence electrons. The van der Waals surface area contributed by atoms with Crippen molar-refractivity contribution in [3.05, 3.63) is 28.2 Å². The second-order valence-electron chi connectivity index (χ2n) is 8.72. The maximum atomic E-state index is 12.5. The van der Waals surface area contributed by atoms with E-state index in [2.05, 4.69) is 34.6 Å². The lowest BCUT2D eigenvalue weighted by molar-refractivity contribution is -0.155. The van der Waals surface area contributed by atoms with Crippen LogP contribution in [0.2, 0.25) is 10.0 Å². The number of carbonyl (C=O) groups excluding carboxylic acids is 1. The highest BCUT2D eigenvalue weighted by Gasteiger charge is 2.25. The summed E-state index contributed by atoms with van der Waals surface area (Å²) in [6.07, 6.45) is 7.68. The molecular formula is C24H38Cl2O3. The van der Waals surface area contributed by atoms with E-state index < -0.39 is 0 Å². The summed E-state index contributed by atoms with van der Waals surface area (Å²) < 4.78 is 11.4. The van der Waals surface area contributed by atoms with Gasteiger partial charge in [0.2, 0.25) is 0 Å². The fourth-order valence-corrected chi connectivity index (χ4v) is 4.05. The Kier molecular flexibility index (Phi) is 12.7. The van der Waals surface area contributed by atoms with Gasteiger partial charge in [-0.3, -0.25) is 0 Å². The third-order valence-electron chi connectivity index (χ3n) is 5.12. The molecule has 1 aromatic carbocycles. The number of halogens is 2. The molecule has 1 aromatic rings. The van der Waals surface area contributed by atoms with Crippen molar-refractivity contribution >= 4 is 29.2 Å². The Balaban J connectivity index is 2.61. The van der Waals surface area contributed by atoms with E-state index in [-0.39, 0.29) is 18.7 Å². The zero-order valence-corrected chi connectivity index (χ0v) is 20.2. The van der Waals surface area contributed by atoms with Crippen LogP contribution in [0.4, 0.5) is 0 Å². The van der Waals surface area contributed by atoms with Gasteiger partial charge in [0, 0.05) is 5.02 Å². The number of hydrogen-bond donors (Lipinski definition) is 0. The van der Waals surface area contributed by atoms with E-state index in [0.29, 0.717) is 27.6 Å². The maximum Gasteiger partial charge on any atom is 0.344 e. The molecule has 0 aliphatic carbocycles. The number of benzene rings is 1. The van der Waals surface area contributed by atoms with E-state index in [1.165, 1.54) is 19.3 Å². The first kappa shape index (κ1) is 26.1. The van der Waals surface area contributed by atoms with Crippen LogP contribution < -0.4 is 4.74 Å². The summed E-state index contributed by atoms with van der Waals surface area (Å²) in [5, 5.41) is 0.917. The van der Waals surface area contributed by atoms with Gasteiger partial charge in [0.1, 0.15) is 11.9 Å². The molecule has 0 fully saturated rings. The number of ether oxygens (including phenoxy) is 2. The highest BCUT2D eigenvalue weighted by Crippen LogP contribution is 2.28. The van der Waals surface area contributed by atoms with E-state index in [1.54, 1.807) is 18.2 Å². The normalized spacial score (nSPS) is 13.6. The molecule has 0 radical (unpaired) electrons. The second-order valence-corrected chi connectivity index (χ2v) is 9.57. The van der Waals surface area contributed by atoms with Gasteiger partial charge >= 0.3 is 5.97 Å². The SMILES string of the molecule is CCC(CC(C)C)C(CCCCCC(C)C)OC(=O)COc1ccc(Cl)cc1Cl. The first-order valence-electron chi connectivity index (χ1n) is 11.0. The van der Waals surface area contributed by atoms with Crippen LogP contribution in [0.1, 0.15) is 79.6 Å². The van der Waals surface area contributed by atoms with Crippen molar-refractivity contribution in [2.75, 3.05) is 6.61 Å². The molecule has 0 bridgehead atoms. The molecule has 0 amide bonds. The largest absolute Gasteiger partial charge is 0.480 e. The molecule has 2 atom stereocenters. The summed E-state index contributed by atoms with van der Waals surface area (Å²) in [6, 6.07) is 4.95. The van der Waals surface area contributed by atoms with Gasteiger partial charge in [-0.15, -0.1) is 0 Å². The lowest BCUT2D eigenvalue weighted by Gasteiger charge is -2.28. The summed E-state index contributed by atoms with van der Waals surface area (Å²) in [7, 11) is 0. The monoisotopic (exact) mass is 444 g/mol. The zero-order chi connectivity index (χ0) is 21.8. The summed E-state index contributed by atoms with van der Waals surface area (Å²) >= 11 is 12.0. The standard InChI is InChI=1S/C24H38Cl2O3/c1-6-19(14-18(4)5)22(11-9-7-8-10-17(2)3)29-24(27)16-28-23-13-12-20(25)15-21(23)26/h12-13,15,17-19,22H,6-11,14,16H2,1-5H3. The van der Waals surface area contributed by atoms with E-state index in [4.69, 9.17) is 32.7 Å². The molecule has 0 N–H and O–H groups in total. The minimum Gasteiger partial charge on any atom is -0.480 e. The van der Waals surface area contributed by atoms with Crippen molar-refractivity contribution < 1.29 is 14.3 Å². The lowest BCUT2D eigenvalue weighted by Crippen LogP contribution is -2.30. The smallest absolute Gasteiger partial charge is 0.344 e. The predicted molar refractivity (Wildman–Crippen MR) is 123 cm³/mol. The topological polar surface area (TPSA) is 35.5 Å². The Bertz CT molecular complexity index is 602. The van der Waals surface area contributed by atoms with Crippen LogP contribution in [0.25, 0.3) is 0 Å². The molecule has 1 rings (SSSR count). The fraction of sp³-hybridized carbons (Fsp3) is 0.708. The predicted octanol–water partition coefficient (Wildman–Crippen LogP) is 7.96. The number of hydrogen-bond acceptors (Lipinski definition) is 3. The third kappa shape index (κ3) is 11.1. The van der Waals surface area contributed by atoms with E-state index >= 15 is 0 Å². The van der Waals surface area contributed by atoms with Gasteiger partial charge in [-0.25, -0.2) is 4.79 Å². The van der Waals surface area contributed by atoms with Crippen LogP contribution in [-0.4, -0.2) is 18.7 Å². The van der Waals surface area contributed by atoms with E-state index in [9.17, 15) is 4.79 Å². The molecule has 3 nitrogen and oxygen atoms in total. The quantitative estimate of drug-likeness (QED) is 0.215. The van der Waals surface area contributed by atoms with Crippen molar-refractivity contribution in [3.8, 4) is 5.75 Å². The first-order valence-corrected chi connectivity index (χ1v) is 11.8. The third-order valence-corrected chi connectivity index (χ3v) is 5.65. The summed E-state index contributed by atoms with van der Waals surface area (Å²) in [5.74, 6) is 1.79. The van der Waals surface area contributed by atoms with Crippen LogP contribution >= 0.6 is 23.2 Å². The first-order chi connectivity index (χ1) is 13.7. The van der Waals surface area contributed by atoms with Crippen molar-refractivity contribution in [1.82, 2.24) is 0 Å². The lowest BCUT2D eigenvalue weighted by atomic mass is 9.87. The van der Waals surface area contributed by atoms with Crippen LogP contribution in [0.3, 0.4) is 0 Å². The molecule has 0 heterocycles. The highest BCUT2D eigenvalue weighted by molar-refractivity contribution is 6.35. The molecule has 0 spiro atoms. The average molecular weight is 445 g/mol. The van der Waals surface area contributed by atoms with Crippen molar-refractivity contribution in [2.24, 2.45) is 17.8 Å². The van der Waals surface area contributed by atoms with Gasteiger partial charge in [-0.05, 0) is 61.6 Å². The maximum absolute atomic E-state index is 12.5. The molecule has 2 unspecified atom stereocenters. The number of carbonyl (C=O) groups is 1.